The number of likely N-dealkylation sites (N-methyl/N-ethyl adjacent to an activating group) is 1. The van der Waals surface area contributed by atoms with Gasteiger partial charge in [0.2, 0.25) is 0 Å². The molecule has 1 unspecified atom stereocenters. The van der Waals surface area contributed by atoms with Crippen LogP contribution in [-0.2, 0) is 0 Å². The van der Waals surface area contributed by atoms with Crippen molar-refractivity contribution >= 4 is 16.6 Å². The van der Waals surface area contributed by atoms with Gasteiger partial charge in [-0.2, -0.15) is 5.26 Å². The van der Waals surface area contributed by atoms with E-state index in [0.717, 1.165) is 74.4 Å². The van der Waals surface area contributed by atoms with Crippen molar-refractivity contribution in [2.45, 2.75) is 26.3 Å². The highest BCUT2D eigenvalue weighted by molar-refractivity contribution is 5.96. The Labute approximate surface area is 160 Å². The second kappa shape index (κ2) is 7.41. The quantitative estimate of drug-likeness (QED) is 0.835. The van der Waals surface area contributed by atoms with Crippen molar-refractivity contribution in [2.75, 3.05) is 50.7 Å². The van der Waals surface area contributed by atoms with Gasteiger partial charge in [0, 0.05) is 56.9 Å². The van der Waals surface area contributed by atoms with Gasteiger partial charge < -0.3 is 9.80 Å². The maximum atomic E-state index is 14.1. The molecule has 2 aliphatic rings. The first-order valence-electron chi connectivity index (χ1n) is 9.81. The van der Waals surface area contributed by atoms with Crippen molar-refractivity contribution < 1.29 is 4.39 Å². The van der Waals surface area contributed by atoms with E-state index in [2.05, 4.69) is 32.7 Å². The number of aryl methyl sites for hydroxylation is 1. The summed E-state index contributed by atoms with van der Waals surface area (Å²) >= 11 is 0. The maximum Gasteiger partial charge on any atom is 0.124 e. The van der Waals surface area contributed by atoms with Gasteiger partial charge in [-0.15, -0.1) is 0 Å². The lowest BCUT2D eigenvalue weighted by Gasteiger charge is -2.37. The van der Waals surface area contributed by atoms with Crippen LogP contribution in [-0.4, -0.2) is 66.6 Å². The summed E-state index contributed by atoms with van der Waals surface area (Å²) in [6.07, 6.45) is 2.71. The van der Waals surface area contributed by atoms with Gasteiger partial charge in [0.05, 0.1) is 16.8 Å². The fraction of sp³-hybridized carbons (Fsp3) is 0.524. The lowest BCUT2D eigenvalue weighted by molar-refractivity contribution is 0.107. The topological polar surface area (TPSA) is 46.4 Å². The van der Waals surface area contributed by atoms with Crippen LogP contribution in [0.25, 0.3) is 10.9 Å². The number of halogens is 1. The minimum Gasteiger partial charge on any atom is -0.368 e. The summed E-state index contributed by atoms with van der Waals surface area (Å²) in [7, 11) is 0. The monoisotopic (exact) mass is 367 g/mol. The van der Waals surface area contributed by atoms with Crippen molar-refractivity contribution in [1.82, 2.24) is 14.8 Å². The predicted octanol–water partition coefficient (Wildman–Crippen LogP) is 2.77. The largest absolute Gasteiger partial charge is 0.368 e. The van der Waals surface area contributed by atoms with Gasteiger partial charge in [-0.1, -0.05) is 6.92 Å². The van der Waals surface area contributed by atoms with E-state index in [-0.39, 0.29) is 5.82 Å². The third-order valence-electron chi connectivity index (χ3n) is 6.07. The first kappa shape index (κ1) is 18.1. The highest BCUT2D eigenvalue weighted by Gasteiger charge is 2.31. The van der Waals surface area contributed by atoms with E-state index in [1.165, 1.54) is 12.1 Å². The van der Waals surface area contributed by atoms with Gasteiger partial charge in [0.15, 0.2) is 0 Å². The van der Waals surface area contributed by atoms with Crippen molar-refractivity contribution in [2.24, 2.45) is 0 Å². The van der Waals surface area contributed by atoms with E-state index in [0.29, 0.717) is 11.6 Å². The molecule has 2 fully saturated rings. The first-order chi connectivity index (χ1) is 13.1. The third-order valence-corrected chi connectivity index (χ3v) is 6.07. The number of hydrogen-bond acceptors (Lipinski definition) is 5. The van der Waals surface area contributed by atoms with Gasteiger partial charge in [0.1, 0.15) is 11.9 Å². The number of anilines is 1. The van der Waals surface area contributed by atoms with E-state index in [1.54, 1.807) is 6.20 Å². The van der Waals surface area contributed by atoms with Crippen LogP contribution < -0.4 is 4.90 Å². The number of nitrogens with zero attached hydrogens (tertiary/aromatic N) is 5. The summed E-state index contributed by atoms with van der Waals surface area (Å²) in [6.45, 7) is 11.4. The Balaban J connectivity index is 1.62. The van der Waals surface area contributed by atoms with Gasteiger partial charge in [-0.05, 0) is 37.6 Å². The summed E-state index contributed by atoms with van der Waals surface area (Å²) in [4.78, 5) is 11.7. The molecule has 1 aromatic carbocycles. The summed E-state index contributed by atoms with van der Waals surface area (Å²) in [6, 6.07) is 5.79. The molecular weight excluding hydrogens is 341 g/mol. The third kappa shape index (κ3) is 3.38. The number of fused-ring (bicyclic) bond motifs is 1. The van der Waals surface area contributed by atoms with E-state index < -0.39 is 0 Å². The fourth-order valence-corrected chi connectivity index (χ4v) is 4.53. The lowest BCUT2D eigenvalue weighted by atomic mass is 10.1. The Morgan fingerprint density at radius 1 is 1.22 bits per heavy atom. The fourth-order valence-electron chi connectivity index (χ4n) is 4.53. The zero-order chi connectivity index (χ0) is 19.0. The molecule has 2 saturated heterocycles. The minimum atomic E-state index is -0.274. The second-order valence-corrected chi connectivity index (χ2v) is 7.61. The van der Waals surface area contributed by atoms with Crippen LogP contribution in [0.4, 0.5) is 10.1 Å². The molecule has 0 aliphatic carbocycles. The number of hydrogen-bond donors (Lipinski definition) is 0. The molecule has 0 amide bonds. The highest BCUT2D eigenvalue weighted by Crippen LogP contribution is 2.34. The van der Waals surface area contributed by atoms with E-state index in [1.807, 2.05) is 6.92 Å². The molecule has 3 heterocycles. The van der Waals surface area contributed by atoms with Crippen LogP contribution in [0.1, 0.15) is 24.5 Å². The Morgan fingerprint density at radius 2 is 2.00 bits per heavy atom. The normalized spacial score (nSPS) is 21.7. The molecule has 2 aliphatic heterocycles. The first-order valence-corrected chi connectivity index (χ1v) is 9.81. The average Bonchev–Trinajstić information content (AvgIpc) is 3.16. The minimum absolute atomic E-state index is 0.274. The Morgan fingerprint density at radius 3 is 2.70 bits per heavy atom. The Kier molecular flexibility index (Phi) is 4.98. The van der Waals surface area contributed by atoms with Gasteiger partial charge >= 0.3 is 0 Å². The molecule has 0 radical (unpaired) electrons. The van der Waals surface area contributed by atoms with Gasteiger partial charge in [0.25, 0.3) is 0 Å². The molecular formula is C21H26FN5. The number of piperazine rings is 1. The summed E-state index contributed by atoms with van der Waals surface area (Å²) in [5.74, 6) is -0.274. The smallest absolute Gasteiger partial charge is 0.124 e. The molecule has 1 aromatic heterocycles. The van der Waals surface area contributed by atoms with E-state index in [9.17, 15) is 9.65 Å². The Bertz CT molecular complexity index is 882. The number of nitriles is 1. The van der Waals surface area contributed by atoms with Gasteiger partial charge in [-0.25, -0.2) is 4.39 Å². The number of rotatable bonds is 3. The van der Waals surface area contributed by atoms with Crippen LogP contribution in [0.2, 0.25) is 0 Å². The van der Waals surface area contributed by atoms with E-state index >= 15 is 0 Å². The van der Waals surface area contributed by atoms with Crippen LogP contribution in [0.3, 0.4) is 0 Å². The lowest BCUT2D eigenvalue weighted by Crippen LogP contribution is -2.50. The van der Waals surface area contributed by atoms with E-state index in [4.69, 9.17) is 0 Å². The zero-order valence-electron chi connectivity index (χ0n) is 16.1. The predicted molar refractivity (Wildman–Crippen MR) is 105 cm³/mol. The molecule has 27 heavy (non-hydrogen) atoms. The zero-order valence-corrected chi connectivity index (χ0v) is 16.1. The number of pyridine rings is 1. The molecule has 142 valence electrons. The Hall–Kier alpha value is -2.23. The molecule has 0 N–H and O–H groups in total. The van der Waals surface area contributed by atoms with Crippen molar-refractivity contribution in [3.8, 4) is 6.07 Å². The average molecular weight is 367 g/mol. The molecule has 1 atom stereocenters. The molecule has 5 nitrogen and oxygen atoms in total. The maximum absolute atomic E-state index is 14.1. The SMILES string of the molecule is CCN1CCN(C2CCN(c3c(C#N)cnc4c(C)cc(F)cc34)C2)CC1. The summed E-state index contributed by atoms with van der Waals surface area (Å²) < 4.78 is 14.1. The second-order valence-electron chi connectivity index (χ2n) is 7.61. The molecule has 2 aromatic rings. The van der Waals surface area contributed by atoms with Crippen molar-refractivity contribution in [1.29, 1.82) is 5.26 Å². The van der Waals surface area contributed by atoms with Crippen LogP contribution in [0.15, 0.2) is 18.3 Å². The van der Waals surface area contributed by atoms with Crippen molar-refractivity contribution in [3.05, 3.63) is 35.3 Å². The molecule has 4 rings (SSSR count). The van der Waals surface area contributed by atoms with Crippen LogP contribution in [0.5, 0.6) is 0 Å². The molecule has 0 spiro atoms. The van der Waals surface area contributed by atoms with Crippen LogP contribution >= 0.6 is 0 Å². The number of aromatic nitrogens is 1. The van der Waals surface area contributed by atoms with Gasteiger partial charge in [-0.3, -0.25) is 9.88 Å². The summed E-state index contributed by atoms with van der Waals surface area (Å²) in [5.41, 5.74) is 2.97. The number of benzene rings is 1. The molecule has 0 saturated carbocycles. The molecule has 0 bridgehead atoms. The summed E-state index contributed by atoms with van der Waals surface area (Å²) in [5, 5.41) is 10.4. The van der Waals surface area contributed by atoms with Crippen molar-refractivity contribution in [3.63, 3.8) is 0 Å². The molecule has 6 heteroatoms. The highest BCUT2D eigenvalue weighted by atomic mass is 19.1. The standard InChI is InChI=1S/C21H26FN5/c1-3-25-6-8-26(9-7-25)18-4-5-27(14-18)21-16(12-23)13-24-20-15(2)10-17(22)11-19(20)21/h10-11,13,18H,3-9,14H2,1-2H3. The van der Waals surface area contributed by atoms with Crippen LogP contribution in [0, 0.1) is 24.1 Å².